The Morgan fingerprint density at radius 2 is 1.67 bits per heavy atom. The number of carbonyl (C=O) groups excluding carboxylic acids is 2. The van der Waals surface area contributed by atoms with Gasteiger partial charge in [-0.25, -0.2) is 0 Å². The summed E-state index contributed by atoms with van der Waals surface area (Å²) in [6.07, 6.45) is 7.53. The van der Waals surface area contributed by atoms with Crippen LogP contribution in [0.15, 0.2) is 5.70 Å². The van der Waals surface area contributed by atoms with Gasteiger partial charge in [-0.3, -0.25) is 14.4 Å². The number of aliphatic hydroxyl groups excluding tert-OH is 1. The van der Waals surface area contributed by atoms with E-state index in [0.717, 1.165) is 34.3 Å². The number of rotatable bonds is 5. The Kier molecular flexibility index (Phi) is 8.71. The summed E-state index contributed by atoms with van der Waals surface area (Å²) in [4.78, 5) is 53.6. The third-order valence-electron chi connectivity index (χ3n) is 9.58. The van der Waals surface area contributed by atoms with Crippen LogP contribution in [0.3, 0.4) is 0 Å². The number of hydrogen-bond acceptors (Lipinski definition) is 5. The number of carboxylic acid groups (broad SMARTS) is 1. The van der Waals surface area contributed by atoms with E-state index in [4.69, 9.17) is 25.0 Å². The van der Waals surface area contributed by atoms with Crippen molar-refractivity contribution in [3.63, 3.8) is 0 Å². The number of aliphatic carboxylic acids is 1. The largest absolute Gasteiger partial charge is 2.00 e. The van der Waals surface area contributed by atoms with Gasteiger partial charge in [0, 0.05) is 12.0 Å². The number of allylic oxidation sites excluding steroid dienone is 1. The number of aromatic nitrogens is 3. The molecule has 2 aliphatic heterocycles. The minimum absolute atomic E-state index is 0. The molecule has 2 N–H and O–H groups in total. The Morgan fingerprint density at radius 3 is 2.31 bits per heavy atom. The van der Waals surface area contributed by atoms with E-state index in [1.807, 2.05) is 52.8 Å². The number of nitrogens with zero attached hydrogens (tertiary/aromatic N) is 4. The molecule has 3 aromatic rings. The zero-order chi connectivity index (χ0) is 31.6. The molecule has 0 amide bonds. The molecule has 11 heteroatoms. The molecule has 6 rings (SSSR count). The van der Waals surface area contributed by atoms with Crippen LogP contribution < -0.4 is 36.2 Å². The molecule has 1 fully saturated rings. The molecule has 0 radical (unpaired) electrons. The first-order valence-electron chi connectivity index (χ1n) is 14.8. The fourth-order valence-corrected chi connectivity index (χ4v) is 7.09. The van der Waals surface area contributed by atoms with Crippen LogP contribution in [0.25, 0.3) is 35.4 Å². The molecule has 1 unspecified atom stereocenters. The number of carbonyl (C=O) groups is 3. The number of esters is 1. The third kappa shape index (κ3) is 5.06. The van der Waals surface area contributed by atoms with Crippen molar-refractivity contribution < 1.29 is 29.3 Å². The van der Waals surface area contributed by atoms with E-state index < -0.39 is 23.9 Å². The van der Waals surface area contributed by atoms with Crippen molar-refractivity contribution in [2.75, 3.05) is 7.11 Å². The van der Waals surface area contributed by atoms with Crippen molar-refractivity contribution >= 4 is 70.8 Å². The minimum atomic E-state index is -1.22. The number of fused-ring (bicyclic) bond motifs is 8. The maximum Gasteiger partial charge on any atom is 2.00 e. The average molecular weight is 619 g/mol. The van der Waals surface area contributed by atoms with Crippen LogP contribution in [-0.4, -0.2) is 64.1 Å². The summed E-state index contributed by atoms with van der Waals surface area (Å²) in [5, 5.41) is 27.0. The summed E-state index contributed by atoms with van der Waals surface area (Å²) in [5.41, 5.74) is 6.96. The van der Waals surface area contributed by atoms with Crippen LogP contribution >= 0.6 is 0 Å². The van der Waals surface area contributed by atoms with Gasteiger partial charge in [0.25, 0.3) is 0 Å². The van der Waals surface area contributed by atoms with E-state index in [-0.39, 0.29) is 53.5 Å². The Balaban J connectivity index is 0.00000400. The van der Waals surface area contributed by atoms with Crippen LogP contribution in [0.1, 0.15) is 76.4 Å². The molecular formula is C34H34MgN4O6-2. The van der Waals surface area contributed by atoms with E-state index >= 15 is 0 Å². The molecule has 3 aromatic heterocycles. The number of ether oxygens (including phenoxy) is 1. The van der Waals surface area contributed by atoms with Crippen molar-refractivity contribution in [2.45, 2.75) is 59.9 Å². The molecular weight excluding hydrogens is 585 g/mol. The van der Waals surface area contributed by atoms with E-state index in [0.29, 0.717) is 55.8 Å². The average Bonchev–Trinajstić information content (AvgIpc) is 3.72. The van der Waals surface area contributed by atoms with Gasteiger partial charge in [-0.05, 0) is 50.7 Å². The maximum absolute atomic E-state index is 14.0. The van der Waals surface area contributed by atoms with Gasteiger partial charge >= 0.3 is 35.0 Å². The van der Waals surface area contributed by atoms with Crippen molar-refractivity contribution in [1.29, 1.82) is 0 Å². The summed E-state index contributed by atoms with van der Waals surface area (Å²) in [7, 11) is 1.25. The van der Waals surface area contributed by atoms with Crippen molar-refractivity contribution in [3.8, 4) is 0 Å². The van der Waals surface area contributed by atoms with E-state index in [2.05, 4.69) is 0 Å². The smallest absolute Gasteiger partial charge is 0.681 e. The van der Waals surface area contributed by atoms with Gasteiger partial charge in [0.05, 0.1) is 13.4 Å². The summed E-state index contributed by atoms with van der Waals surface area (Å²) in [6.45, 7) is 9.71. The molecule has 230 valence electrons. The molecule has 0 spiro atoms. The van der Waals surface area contributed by atoms with Crippen molar-refractivity contribution in [1.82, 2.24) is 15.0 Å². The summed E-state index contributed by atoms with van der Waals surface area (Å²) in [5.74, 6) is -3.78. The van der Waals surface area contributed by atoms with Crippen molar-refractivity contribution in [2.24, 2.45) is 17.8 Å². The fourth-order valence-electron chi connectivity index (χ4n) is 7.09. The Labute approximate surface area is 276 Å². The van der Waals surface area contributed by atoms with E-state index in [1.54, 1.807) is 0 Å². The number of ketones is 1. The van der Waals surface area contributed by atoms with Crippen LogP contribution in [0.2, 0.25) is 0 Å². The van der Waals surface area contributed by atoms with Crippen molar-refractivity contribution in [3.05, 3.63) is 77.2 Å². The number of methoxy groups -OCH3 is 1. The standard InChI is InChI=1S/C34H36N4O6.Mg/c1-7-18-14(2)22-11-26-20(13-39)16(4)21(36-26)10-23-15(3)19(8-9-27(40)41)31(37-23)29-30(34(43)44-6)33(42)28-17(5)24(38-32(28)29)12-25(18)35-22;/h10-13,15,19,30-31H,7-9H2,1-6H3,(H4,35,36,39,40,41,42);/q-2;+2/p-2/b23-10-;/t15-,19-,30+,31?;/m0./s1. The zero-order valence-corrected chi connectivity index (χ0v) is 27.7. The SMILES string of the molecule is CCc1c2[n-]c(c1C)/C=c1\[n-]c(c(C)\c1=C/O)/C=C1\[N-]C(C3=c4[n-]/c(c(C)c4C(=O)[C@@H]3C(=O)OC)=C\2)[C@@H](CCC(=O)O)[C@@H]1C.[Mg+2]. The van der Waals surface area contributed by atoms with Gasteiger partial charge in [-0.15, -0.1) is 33.1 Å². The summed E-state index contributed by atoms with van der Waals surface area (Å²) < 4.78 is 5.11. The zero-order valence-electron chi connectivity index (χ0n) is 26.3. The van der Waals surface area contributed by atoms with Gasteiger partial charge in [0.1, 0.15) is 5.92 Å². The first-order valence-corrected chi connectivity index (χ1v) is 14.8. The topological polar surface area (TPSA) is 157 Å². The Bertz CT molecular complexity index is 2030. The Morgan fingerprint density at radius 1 is 0.978 bits per heavy atom. The van der Waals surface area contributed by atoms with Crippen LogP contribution in [-0.2, 0) is 20.7 Å². The molecule has 4 atom stereocenters. The second-order valence-electron chi connectivity index (χ2n) is 11.8. The second kappa shape index (κ2) is 12.1. The predicted molar refractivity (Wildman–Crippen MR) is 169 cm³/mol. The van der Waals surface area contributed by atoms with Gasteiger partial charge < -0.3 is 35.2 Å². The molecule has 1 saturated heterocycles. The second-order valence-corrected chi connectivity index (χ2v) is 11.8. The molecule has 45 heavy (non-hydrogen) atoms. The molecule has 8 bridgehead atoms. The third-order valence-corrected chi connectivity index (χ3v) is 9.58. The fraction of sp³-hybridized carbons (Fsp3) is 0.382. The predicted octanol–water partition coefficient (Wildman–Crippen LogP) is 0.982. The quantitative estimate of drug-likeness (QED) is 0.242. The number of carboxylic acids is 1. The normalized spacial score (nSPS) is 24.6. The molecule has 1 aliphatic carbocycles. The maximum atomic E-state index is 14.0. The monoisotopic (exact) mass is 618 g/mol. The molecule has 0 saturated carbocycles. The van der Waals surface area contributed by atoms with Gasteiger partial charge in [0.2, 0.25) is 0 Å². The minimum Gasteiger partial charge on any atom is -0.681 e. The van der Waals surface area contributed by atoms with Gasteiger partial charge in [0.15, 0.2) is 5.78 Å². The summed E-state index contributed by atoms with van der Waals surface area (Å²) >= 11 is 0. The first-order chi connectivity index (χ1) is 21.0. The first kappa shape index (κ1) is 32.4. The number of hydrogen-bond donors (Lipinski definition) is 2. The molecule has 0 aromatic carbocycles. The molecule has 10 nitrogen and oxygen atoms in total. The van der Waals surface area contributed by atoms with E-state index in [9.17, 15) is 24.6 Å². The molecule has 5 heterocycles. The van der Waals surface area contributed by atoms with Gasteiger partial charge in [-0.2, -0.15) is 5.70 Å². The number of aliphatic hydroxyl groups is 1. The van der Waals surface area contributed by atoms with Crippen LogP contribution in [0, 0.1) is 38.5 Å². The summed E-state index contributed by atoms with van der Waals surface area (Å²) in [6, 6.07) is -0.678. The Hall–Kier alpha value is -3.96. The van der Waals surface area contributed by atoms with Crippen LogP contribution in [0.4, 0.5) is 0 Å². The number of Topliss-reactive ketones (excluding diaryl/α,β-unsaturated/α-hetero) is 1. The van der Waals surface area contributed by atoms with Gasteiger partial charge in [-0.1, -0.05) is 65.9 Å². The van der Waals surface area contributed by atoms with E-state index in [1.165, 1.54) is 7.11 Å². The molecule has 3 aliphatic rings. The van der Waals surface area contributed by atoms with Crippen LogP contribution in [0.5, 0.6) is 0 Å².